The van der Waals surface area contributed by atoms with Crippen LogP contribution in [0, 0.1) is 0 Å². The average Bonchev–Trinajstić information content (AvgIpc) is 2.89. The van der Waals surface area contributed by atoms with Crippen LogP contribution in [0.15, 0.2) is 38.7 Å². The highest BCUT2D eigenvalue weighted by molar-refractivity contribution is 9.10. The molecule has 0 aliphatic carbocycles. The largest absolute Gasteiger partial charge is 0.452 e. The van der Waals surface area contributed by atoms with Gasteiger partial charge in [-0.05, 0) is 45.6 Å². The van der Waals surface area contributed by atoms with E-state index in [1.807, 2.05) is 12.1 Å². The molecule has 0 saturated carbocycles. The molecule has 0 radical (unpaired) electrons. The van der Waals surface area contributed by atoms with Crippen molar-refractivity contribution in [2.24, 2.45) is 5.73 Å². The lowest BCUT2D eigenvalue weighted by atomic mass is 10.2. The quantitative estimate of drug-likeness (QED) is 0.763. The molecule has 1 atom stereocenters. The highest BCUT2D eigenvalue weighted by atomic mass is 79.9. The molecule has 0 bridgehead atoms. The lowest BCUT2D eigenvalue weighted by Gasteiger charge is -2.04. The van der Waals surface area contributed by atoms with Crippen molar-refractivity contribution in [1.82, 2.24) is 0 Å². The van der Waals surface area contributed by atoms with E-state index in [1.54, 1.807) is 22.7 Å². The number of thiophene rings is 2. The molecule has 0 aliphatic rings. The van der Waals surface area contributed by atoms with Crippen molar-refractivity contribution in [3.8, 4) is 0 Å². The molecule has 0 saturated heterocycles. The van der Waals surface area contributed by atoms with Gasteiger partial charge in [0.15, 0.2) is 4.67 Å². The van der Waals surface area contributed by atoms with Crippen LogP contribution >= 0.6 is 38.6 Å². The van der Waals surface area contributed by atoms with Crippen LogP contribution in [-0.4, -0.2) is 0 Å². The van der Waals surface area contributed by atoms with Crippen LogP contribution in [0.3, 0.4) is 0 Å². The van der Waals surface area contributed by atoms with Gasteiger partial charge in [0.25, 0.3) is 0 Å². The maximum Gasteiger partial charge on any atom is 0.169 e. The third kappa shape index (κ3) is 1.73. The normalized spacial score (nSPS) is 13.4. The van der Waals surface area contributed by atoms with Crippen LogP contribution in [0.25, 0.3) is 9.40 Å². The minimum Gasteiger partial charge on any atom is -0.452 e. The highest BCUT2D eigenvalue weighted by Gasteiger charge is 2.16. The third-order valence-electron chi connectivity index (χ3n) is 2.37. The van der Waals surface area contributed by atoms with Gasteiger partial charge in [0, 0.05) is 14.3 Å². The summed E-state index contributed by atoms with van der Waals surface area (Å²) in [6, 6.07) is 7.87. The zero-order valence-electron chi connectivity index (χ0n) is 8.14. The van der Waals surface area contributed by atoms with E-state index in [0.717, 1.165) is 15.3 Å². The first kappa shape index (κ1) is 10.5. The lowest BCUT2D eigenvalue weighted by molar-refractivity contribution is 0.472. The fraction of sp³-hybridized carbons (Fsp3) is 0.0909. The molecular formula is C11H8BrNOS2. The van der Waals surface area contributed by atoms with Crippen LogP contribution in [0.1, 0.15) is 16.7 Å². The Kier molecular flexibility index (Phi) is 2.63. The van der Waals surface area contributed by atoms with Crippen LogP contribution in [0.2, 0.25) is 0 Å². The van der Waals surface area contributed by atoms with E-state index in [4.69, 9.17) is 10.2 Å². The molecule has 3 aromatic rings. The minimum absolute atomic E-state index is 0.170. The Bertz CT molecular complexity index is 596. The highest BCUT2D eigenvalue weighted by Crippen LogP contribution is 2.35. The van der Waals surface area contributed by atoms with Crippen molar-refractivity contribution in [2.45, 2.75) is 6.04 Å². The van der Waals surface area contributed by atoms with Gasteiger partial charge >= 0.3 is 0 Å². The summed E-state index contributed by atoms with van der Waals surface area (Å²) in [5.41, 5.74) is 6.15. The third-order valence-corrected chi connectivity index (χ3v) is 4.97. The molecule has 0 aliphatic heterocycles. The SMILES string of the molecule is NC(c1ccc(Br)o1)c1cc2sccc2s1. The Morgan fingerprint density at radius 3 is 2.81 bits per heavy atom. The predicted molar refractivity (Wildman–Crippen MR) is 72.1 cm³/mol. The Balaban J connectivity index is 2.00. The van der Waals surface area contributed by atoms with E-state index < -0.39 is 0 Å². The Hall–Kier alpha value is -0.620. The second kappa shape index (κ2) is 4.00. The first-order valence-electron chi connectivity index (χ1n) is 4.72. The molecule has 16 heavy (non-hydrogen) atoms. The topological polar surface area (TPSA) is 39.2 Å². The molecule has 2 N–H and O–H groups in total. The van der Waals surface area contributed by atoms with Crippen molar-refractivity contribution < 1.29 is 4.42 Å². The number of halogens is 1. The number of hydrogen-bond acceptors (Lipinski definition) is 4. The van der Waals surface area contributed by atoms with Gasteiger partial charge in [-0.1, -0.05) is 0 Å². The maximum absolute atomic E-state index is 6.15. The van der Waals surface area contributed by atoms with Crippen LogP contribution in [0.5, 0.6) is 0 Å². The second-order valence-corrected chi connectivity index (χ2v) is 6.26. The molecule has 3 rings (SSSR count). The van der Waals surface area contributed by atoms with Gasteiger partial charge in [-0.25, -0.2) is 0 Å². The van der Waals surface area contributed by atoms with Crippen LogP contribution in [-0.2, 0) is 0 Å². The first-order chi connectivity index (χ1) is 7.74. The number of fused-ring (bicyclic) bond motifs is 1. The fourth-order valence-corrected chi connectivity index (χ4v) is 4.02. The monoisotopic (exact) mass is 313 g/mol. The number of hydrogen-bond donors (Lipinski definition) is 1. The molecule has 3 heterocycles. The number of furan rings is 1. The van der Waals surface area contributed by atoms with Crippen LogP contribution in [0.4, 0.5) is 0 Å². The van der Waals surface area contributed by atoms with E-state index in [0.29, 0.717) is 0 Å². The standard InChI is InChI=1S/C11H8BrNOS2/c12-10-2-1-6(14-10)11(13)9-5-8-7(16-9)3-4-15-8/h1-5,11H,13H2. The Labute approximate surface area is 109 Å². The molecule has 3 aromatic heterocycles. The summed E-state index contributed by atoms with van der Waals surface area (Å²) < 4.78 is 8.78. The first-order valence-corrected chi connectivity index (χ1v) is 7.21. The molecule has 0 spiro atoms. The Morgan fingerprint density at radius 1 is 1.25 bits per heavy atom. The summed E-state index contributed by atoms with van der Waals surface area (Å²) in [4.78, 5) is 1.14. The average molecular weight is 314 g/mol. The summed E-state index contributed by atoms with van der Waals surface area (Å²) in [5, 5.41) is 2.10. The molecule has 5 heteroatoms. The van der Waals surface area contributed by atoms with Crippen molar-refractivity contribution >= 4 is 48.0 Å². The molecule has 2 nitrogen and oxygen atoms in total. The molecular weight excluding hydrogens is 306 g/mol. The number of nitrogens with two attached hydrogens (primary N) is 1. The van der Waals surface area contributed by atoms with E-state index in [-0.39, 0.29) is 6.04 Å². The van der Waals surface area contributed by atoms with Crippen LogP contribution < -0.4 is 5.73 Å². The van der Waals surface area contributed by atoms with E-state index in [9.17, 15) is 0 Å². The summed E-state index contributed by atoms with van der Waals surface area (Å²) in [5.74, 6) is 0.792. The van der Waals surface area contributed by atoms with Crippen molar-refractivity contribution in [3.05, 3.63) is 45.0 Å². The molecule has 0 fully saturated rings. The van der Waals surface area contributed by atoms with Gasteiger partial charge in [-0.15, -0.1) is 22.7 Å². The van der Waals surface area contributed by atoms with Gasteiger partial charge < -0.3 is 10.2 Å². The van der Waals surface area contributed by atoms with E-state index >= 15 is 0 Å². The summed E-state index contributed by atoms with van der Waals surface area (Å²) in [6.07, 6.45) is 0. The zero-order chi connectivity index (χ0) is 11.1. The van der Waals surface area contributed by atoms with E-state index in [1.165, 1.54) is 9.40 Å². The zero-order valence-corrected chi connectivity index (χ0v) is 11.4. The minimum atomic E-state index is -0.170. The summed E-state index contributed by atoms with van der Waals surface area (Å²) >= 11 is 6.75. The Morgan fingerprint density at radius 2 is 2.12 bits per heavy atom. The smallest absolute Gasteiger partial charge is 0.169 e. The van der Waals surface area contributed by atoms with Gasteiger partial charge in [0.2, 0.25) is 0 Å². The van der Waals surface area contributed by atoms with Crippen molar-refractivity contribution in [1.29, 1.82) is 0 Å². The van der Waals surface area contributed by atoms with E-state index in [2.05, 4.69) is 33.4 Å². The second-order valence-electron chi connectivity index (χ2n) is 3.42. The number of rotatable bonds is 2. The molecule has 0 amide bonds. The molecule has 1 unspecified atom stereocenters. The van der Waals surface area contributed by atoms with Crippen molar-refractivity contribution in [3.63, 3.8) is 0 Å². The lowest BCUT2D eigenvalue weighted by Crippen LogP contribution is -2.08. The summed E-state index contributed by atoms with van der Waals surface area (Å²) in [7, 11) is 0. The van der Waals surface area contributed by atoms with Gasteiger partial charge in [0.1, 0.15) is 5.76 Å². The van der Waals surface area contributed by atoms with Crippen molar-refractivity contribution in [2.75, 3.05) is 0 Å². The van der Waals surface area contributed by atoms with Gasteiger partial charge in [0.05, 0.1) is 6.04 Å². The summed E-state index contributed by atoms with van der Waals surface area (Å²) in [6.45, 7) is 0. The van der Waals surface area contributed by atoms with Gasteiger partial charge in [-0.2, -0.15) is 0 Å². The maximum atomic E-state index is 6.15. The predicted octanol–water partition coefficient (Wildman–Crippen LogP) is 4.37. The van der Waals surface area contributed by atoms with Gasteiger partial charge in [-0.3, -0.25) is 0 Å². The molecule has 82 valence electrons. The fourth-order valence-electron chi connectivity index (χ4n) is 1.57. The molecule has 0 aromatic carbocycles.